The Balaban J connectivity index is 2.45. The molecule has 1 atom stereocenters. The summed E-state index contributed by atoms with van der Waals surface area (Å²) >= 11 is 6.20. The molecule has 0 aliphatic rings. The van der Waals surface area contributed by atoms with Gasteiger partial charge < -0.3 is 9.73 Å². The van der Waals surface area contributed by atoms with E-state index in [1.807, 2.05) is 13.0 Å². The Bertz CT molecular complexity index is 589. The van der Waals surface area contributed by atoms with E-state index in [4.69, 9.17) is 16.0 Å². The van der Waals surface area contributed by atoms with Crippen LogP contribution in [0, 0.1) is 13.8 Å². The predicted molar refractivity (Wildman–Crippen MR) is 84.5 cm³/mol. The van der Waals surface area contributed by atoms with Crippen molar-refractivity contribution >= 4 is 11.6 Å². The van der Waals surface area contributed by atoms with E-state index in [0.29, 0.717) is 0 Å². The molecule has 0 saturated carbocycles. The van der Waals surface area contributed by atoms with E-state index in [1.54, 1.807) is 0 Å². The molecule has 2 aromatic rings. The van der Waals surface area contributed by atoms with E-state index in [-0.39, 0.29) is 6.04 Å². The highest BCUT2D eigenvalue weighted by Crippen LogP contribution is 2.30. The Morgan fingerprint density at radius 2 is 1.90 bits per heavy atom. The van der Waals surface area contributed by atoms with Gasteiger partial charge in [-0.1, -0.05) is 31.5 Å². The van der Waals surface area contributed by atoms with Crippen LogP contribution in [0.5, 0.6) is 0 Å². The van der Waals surface area contributed by atoms with Gasteiger partial charge in [0.1, 0.15) is 11.5 Å². The number of aryl methyl sites for hydroxylation is 3. The number of hydrogen-bond acceptors (Lipinski definition) is 2. The van der Waals surface area contributed by atoms with Gasteiger partial charge in [0.15, 0.2) is 0 Å². The summed E-state index contributed by atoms with van der Waals surface area (Å²) in [4.78, 5) is 0. The minimum absolute atomic E-state index is 0.0799. The van der Waals surface area contributed by atoms with E-state index in [9.17, 15) is 0 Å². The summed E-state index contributed by atoms with van der Waals surface area (Å²) in [5.41, 5.74) is 3.50. The molecule has 20 heavy (non-hydrogen) atoms. The largest absolute Gasteiger partial charge is 0.464 e. The molecule has 0 spiro atoms. The third kappa shape index (κ3) is 3.08. The molecule has 1 aromatic heterocycles. The molecular weight excluding hydrogens is 270 g/mol. The molecule has 0 saturated heterocycles. The first-order chi connectivity index (χ1) is 9.56. The highest BCUT2D eigenvalue weighted by molar-refractivity contribution is 6.31. The Morgan fingerprint density at radius 3 is 2.50 bits per heavy atom. The van der Waals surface area contributed by atoms with Crippen LogP contribution in [0.15, 0.2) is 28.7 Å². The first-order valence-corrected chi connectivity index (χ1v) is 7.53. The maximum Gasteiger partial charge on any atom is 0.125 e. The molecule has 0 radical (unpaired) electrons. The van der Waals surface area contributed by atoms with Crippen LogP contribution in [0.25, 0.3) is 0 Å². The molecule has 0 amide bonds. The zero-order valence-corrected chi connectivity index (χ0v) is 13.3. The van der Waals surface area contributed by atoms with Gasteiger partial charge in [-0.2, -0.15) is 0 Å². The van der Waals surface area contributed by atoms with Crippen LogP contribution in [0.1, 0.15) is 48.1 Å². The molecule has 108 valence electrons. The maximum absolute atomic E-state index is 6.20. The topological polar surface area (TPSA) is 25.2 Å². The summed E-state index contributed by atoms with van der Waals surface area (Å²) in [7, 11) is 0. The highest BCUT2D eigenvalue weighted by atomic mass is 35.5. The van der Waals surface area contributed by atoms with Gasteiger partial charge in [-0.25, -0.2) is 0 Å². The van der Waals surface area contributed by atoms with Gasteiger partial charge in [0, 0.05) is 11.4 Å². The van der Waals surface area contributed by atoms with E-state index >= 15 is 0 Å². The molecule has 1 unspecified atom stereocenters. The number of rotatable bonds is 5. The Labute approximate surface area is 126 Å². The van der Waals surface area contributed by atoms with Crippen molar-refractivity contribution in [2.24, 2.45) is 0 Å². The summed E-state index contributed by atoms with van der Waals surface area (Å²) in [5.74, 6) is 1.99. The SMILES string of the molecule is CCNC(c1ccc(CC)o1)c1cc(C)c(Cl)cc1C. The summed E-state index contributed by atoms with van der Waals surface area (Å²) in [6.45, 7) is 9.22. The van der Waals surface area contributed by atoms with Gasteiger partial charge in [0.05, 0.1) is 6.04 Å². The molecule has 3 heteroatoms. The summed E-state index contributed by atoms with van der Waals surface area (Å²) in [6.07, 6.45) is 0.914. The van der Waals surface area contributed by atoms with Gasteiger partial charge in [0.25, 0.3) is 0 Å². The third-order valence-electron chi connectivity index (χ3n) is 3.58. The quantitative estimate of drug-likeness (QED) is 0.855. The molecule has 0 aliphatic heterocycles. The van der Waals surface area contributed by atoms with Gasteiger partial charge in [-0.3, -0.25) is 0 Å². The summed E-state index contributed by atoms with van der Waals surface area (Å²) in [5, 5.41) is 4.32. The summed E-state index contributed by atoms with van der Waals surface area (Å²) in [6, 6.07) is 8.38. The van der Waals surface area contributed by atoms with Crippen molar-refractivity contribution in [1.82, 2.24) is 5.32 Å². The molecule has 0 fully saturated rings. The van der Waals surface area contributed by atoms with Crippen molar-refractivity contribution in [1.29, 1.82) is 0 Å². The zero-order valence-electron chi connectivity index (χ0n) is 12.6. The van der Waals surface area contributed by atoms with Gasteiger partial charge in [-0.15, -0.1) is 0 Å². The molecule has 0 bridgehead atoms. The normalized spacial score (nSPS) is 12.7. The van der Waals surface area contributed by atoms with Gasteiger partial charge >= 0.3 is 0 Å². The van der Waals surface area contributed by atoms with E-state index in [1.165, 1.54) is 11.1 Å². The van der Waals surface area contributed by atoms with Gasteiger partial charge in [-0.05, 0) is 55.3 Å². The van der Waals surface area contributed by atoms with E-state index in [2.05, 4.69) is 44.3 Å². The van der Waals surface area contributed by atoms with Crippen molar-refractivity contribution in [2.45, 2.75) is 40.2 Å². The van der Waals surface area contributed by atoms with Crippen molar-refractivity contribution < 1.29 is 4.42 Å². The number of hydrogen-bond donors (Lipinski definition) is 1. The second-order valence-corrected chi connectivity index (χ2v) is 5.51. The van der Waals surface area contributed by atoms with Crippen LogP contribution in [0.2, 0.25) is 5.02 Å². The molecule has 1 aromatic carbocycles. The Hall–Kier alpha value is -1.25. The van der Waals surface area contributed by atoms with Crippen LogP contribution in [-0.4, -0.2) is 6.54 Å². The average Bonchev–Trinajstić information content (AvgIpc) is 2.89. The fraction of sp³-hybridized carbons (Fsp3) is 0.412. The molecule has 1 N–H and O–H groups in total. The lowest BCUT2D eigenvalue weighted by atomic mass is 9.97. The van der Waals surface area contributed by atoms with Crippen LogP contribution in [-0.2, 0) is 6.42 Å². The zero-order chi connectivity index (χ0) is 14.7. The first kappa shape index (κ1) is 15.1. The Morgan fingerprint density at radius 1 is 1.15 bits per heavy atom. The van der Waals surface area contributed by atoms with Crippen LogP contribution < -0.4 is 5.32 Å². The van der Waals surface area contributed by atoms with Crippen molar-refractivity contribution in [3.05, 3.63) is 57.5 Å². The standard InChI is InChI=1S/C17H22ClNO/c1-5-13-7-8-16(20-13)17(19-6-2)14-9-12(4)15(18)10-11(14)3/h7-10,17,19H,5-6H2,1-4H3. The number of benzene rings is 1. The van der Waals surface area contributed by atoms with Crippen LogP contribution in [0.3, 0.4) is 0 Å². The average molecular weight is 292 g/mol. The maximum atomic E-state index is 6.20. The number of halogens is 1. The lowest BCUT2D eigenvalue weighted by Crippen LogP contribution is -2.22. The Kier molecular flexibility index (Phi) is 4.90. The highest BCUT2D eigenvalue weighted by Gasteiger charge is 2.19. The lowest BCUT2D eigenvalue weighted by molar-refractivity contribution is 0.425. The lowest BCUT2D eigenvalue weighted by Gasteiger charge is -2.19. The smallest absolute Gasteiger partial charge is 0.125 e. The molecule has 2 nitrogen and oxygen atoms in total. The van der Waals surface area contributed by atoms with Crippen molar-refractivity contribution in [3.63, 3.8) is 0 Å². The predicted octanol–water partition coefficient (Wildman–Crippen LogP) is 4.81. The van der Waals surface area contributed by atoms with Crippen LogP contribution in [0.4, 0.5) is 0 Å². The van der Waals surface area contributed by atoms with E-state index in [0.717, 1.165) is 35.1 Å². The van der Waals surface area contributed by atoms with E-state index < -0.39 is 0 Å². The number of furan rings is 1. The molecular formula is C17H22ClNO. The number of nitrogens with one attached hydrogen (secondary N) is 1. The minimum atomic E-state index is 0.0799. The second-order valence-electron chi connectivity index (χ2n) is 5.11. The fourth-order valence-electron chi connectivity index (χ4n) is 2.42. The second kappa shape index (κ2) is 6.47. The summed E-state index contributed by atoms with van der Waals surface area (Å²) < 4.78 is 5.93. The van der Waals surface area contributed by atoms with Gasteiger partial charge in [0.2, 0.25) is 0 Å². The molecule has 2 rings (SSSR count). The molecule has 0 aliphatic carbocycles. The molecule has 1 heterocycles. The van der Waals surface area contributed by atoms with Crippen molar-refractivity contribution in [3.8, 4) is 0 Å². The third-order valence-corrected chi connectivity index (χ3v) is 3.99. The minimum Gasteiger partial charge on any atom is -0.464 e. The first-order valence-electron chi connectivity index (χ1n) is 7.15. The van der Waals surface area contributed by atoms with Crippen LogP contribution >= 0.6 is 11.6 Å². The monoisotopic (exact) mass is 291 g/mol. The van der Waals surface area contributed by atoms with Crippen molar-refractivity contribution in [2.75, 3.05) is 6.54 Å². The fourth-order valence-corrected chi connectivity index (χ4v) is 2.64.